The Bertz CT molecular complexity index is 306. The smallest absolute Gasteiger partial charge is 0.220 e. The number of nitrogens with one attached hydrogen (secondary N) is 1. The van der Waals surface area contributed by atoms with Gasteiger partial charge in [-0.2, -0.15) is 0 Å². The van der Waals surface area contributed by atoms with Crippen LogP contribution in [0.25, 0.3) is 0 Å². The van der Waals surface area contributed by atoms with Crippen LogP contribution in [0.15, 0.2) is 12.1 Å². The summed E-state index contributed by atoms with van der Waals surface area (Å²) >= 11 is 1.40. The Kier molecular flexibility index (Phi) is 3.64. The minimum absolute atomic E-state index is 0.0288. The van der Waals surface area contributed by atoms with E-state index in [0.717, 1.165) is 11.2 Å². The lowest BCUT2D eigenvalue weighted by Gasteiger charge is -1.99. The quantitative estimate of drug-likeness (QED) is 0.745. The largest absolute Gasteiger partial charge is 0.351 e. The highest BCUT2D eigenvalue weighted by Crippen LogP contribution is 2.13. The lowest BCUT2D eigenvalue weighted by Crippen LogP contribution is -2.20. The van der Waals surface area contributed by atoms with Crippen LogP contribution in [-0.4, -0.2) is 12.2 Å². The van der Waals surface area contributed by atoms with Crippen LogP contribution in [0.5, 0.6) is 0 Å². The highest BCUT2D eigenvalue weighted by molar-refractivity contribution is 7.13. The van der Waals surface area contributed by atoms with E-state index in [1.165, 1.54) is 11.3 Å². The van der Waals surface area contributed by atoms with Crippen molar-refractivity contribution < 1.29 is 9.59 Å². The molecule has 4 heteroatoms. The number of aldehydes is 1. The zero-order valence-electron chi connectivity index (χ0n) is 7.37. The van der Waals surface area contributed by atoms with Crippen molar-refractivity contribution in [1.29, 1.82) is 0 Å². The van der Waals surface area contributed by atoms with Crippen LogP contribution in [0.4, 0.5) is 0 Å². The maximum absolute atomic E-state index is 10.9. The number of amides is 1. The molecule has 3 nitrogen and oxygen atoms in total. The van der Waals surface area contributed by atoms with Crippen molar-refractivity contribution >= 4 is 23.5 Å². The van der Waals surface area contributed by atoms with E-state index < -0.39 is 0 Å². The van der Waals surface area contributed by atoms with Crippen LogP contribution >= 0.6 is 11.3 Å². The van der Waals surface area contributed by atoms with Crippen molar-refractivity contribution in [2.24, 2.45) is 0 Å². The lowest BCUT2D eigenvalue weighted by molar-refractivity contribution is -0.120. The first-order valence-electron chi connectivity index (χ1n) is 4.07. The Hall–Kier alpha value is -1.16. The van der Waals surface area contributed by atoms with Crippen LogP contribution in [0.2, 0.25) is 0 Å². The minimum Gasteiger partial charge on any atom is -0.351 e. The molecule has 1 aromatic rings. The molecule has 0 bridgehead atoms. The Morgan fingerprint density at radius 3 is 2.92 bits per heavy atom. The van der Waals surface area contributed by atoms with E-state index in [2.05, 4.69) is 5.32 Å². The molecule has 70 valence electrons. The molecule has 1 heterocycles. The molecule has 0 saturated heterocycles. The standard InChI is InChI=1S/C9H11NO2S/c1-2-9(12)10-5-7-3-4-8(6-11)13-7/h3-4,6H,2,5H2,1H3,(H,10,12). The van der Waals surface area contributed by atoms with Gasteiger partial charge < -0.3 is 5.32 Å². The number of carbonyl (C=O) groups is 2. The molecule has 0 fully saturated rings. The predicted molar refractivity (Wildman–Crippen MR) is 51.8 cm³/mol. The summed E-state index contributed by atoms with van der Waals surface area (Å²) in [4.78, 5) is 22.9. The SMILES string of the molecule is CCC(=O)NCc1ccc(C=O)s1. The molecule has 1 N–H and O–H groups in total. The van der Waals surface area contributed by atoms with E-state index in [-0.39, 0.29) is 5.91 Å². The van der Waals surface area contributed by atoms with Gasteiger partial charge in [0.1, 0.15) is 0 Å². The lowest BCUT2D eigenvalue weighted by atomic mass is 10.4. The second-order valence-electron chi connectivity index (χ2n) is 2.55. The van der Waals surface area contributed by atoms with Crippen molar-refractivity contribution in [2.45, 2.75) is 19.9 Å². The summed E-state index contributed by atoms with van der Waals surface area (Å²) in [5, 5.41) is 2.74. The zero-order chi connectivity index (χ0) is 9.68. The molecule has 0 spiro atoms. The first kappa shape index (κ1) is 9.92. The summed E-state index contributed by atoms with van der Waals surface area (Å²) in [6.07, 6.45) is 1.31. The fourth-order valence-corrected chi connectivity index (χ4v) is 1.63. The Morgan fingerprint density at radius 2 is 2.38 bits per heavy atom. The van der Waals surface area contributed by atoms with E-state index in [1.54, 1.807) is 13.0 Å². The zero-order valence-corrected chi connectivity index (χ0v) is 8.19. The van der Waals surface area contributed by atoms with Crippen molar-refractivity contribution in [2.75, 3.05) is 0 Å². The molecule has 13 heavy (non-hydrogen) atoms. The van der Waals surface area contributed by atoms with Gasteiger partial charge in [-0.3, -0.25) is 9.59 Å². The topological polar surface area (TPSA) is 46.2 Å². The molecular weight excluding hydrogens is 186 g/mol. The summed E-state index contributed by atoms with van der Waals surface area (Å²) in [5.41, 5.74) is 0. The number of rotatable bonds is 4. The molecule has 0 atom stereocenters. The molecule has 0 aliphatic rings. The fourth-order valence-electron chi connectivity index (χ4n) is 0.864. The Morgan fingerprint density at radius 1 is 1.62 bits per heavy atom. The molecule has 0 aliphatic carbocycles. The van der Waals surface area contributed by atoms with E-state index in [4.69, 9.17) is 0 Å². The number of thiophene rings is 1. The monoisotopic (exact) mass is 197 g/mol. The van der Waals surface area contributed by atoms with Gasteiger partial charge in [-0.15, -0.1) is 11.3 Å². The van der Waals surface area contributed by atoms with E-state index >= 15 is 0 Å². The van der Waals surface area contributed by atoms with Crippen LogP contribution in [-0.2, 0) is 11.3 Å². The van der Waals surface area contributed by atoms with Gasteiger partial charge in [-0.25, -0.2) is 0 Å². The maximum Gasteiger partial charge on any atom is 0.220 e. The summed E-state index contributed by atoms with van der Waals surface area (Å²) in [7, 11) is 0. The van der Waals surface area contributed by atoms with Crippen molar-refractivity contribution in [3.8, 4) is 0 Å². The summed E-state index contributed by atoms with van der Waals surface area (Å²) < 4.78 is 0. The van der Waals surface area contributed by atoms with Gasteiger partial charge in [-0.1, -0.05) is 6.92 Å². The third kappa shape index (κ3) is 2.99. The highest BCUT2D eigenvalue weighted by atomic mass is 32.1. The highest BCUT2D eigenvalue weighted by Gasteiger charge is 2.00. The van der Waals surface area contributed by atoms with Crippen molar-refractivity contribution in [1.82, 2.24) is 5.32 Å². The van der Waals surface area contributed by atoms with Crippen molar-refractivity contribution in [3.05, 3.63) is 21.9 Å². The molecule has 1 rings (SSSR count). The van der Waals surface area contributed by atoms with Gasteiger partial charge >= 0.3 is 0 Å². The van der Waals surface area contributed by atoms with E-state index in [9.17, 15) is 9.59 Å². The van der Waals surface area contributed by atoms with Gasteiger partial charge in [0.05, 0.1) is 11.4 Å². The number of carbonyl (C=O) groups excluding carboxylic acids is 2. The second-order valence-corrected chi connectivity index (χ2v) is 3.75. The molecule has 0 unspecified atom stereocenters. The molecule has 0 aromatic carbocycles. The normalized spacial score (nSPS) is 9.62. The minimum atomic E-state index is 0.0288. The number of hydrogen-bond acceptors (Lipinski definition) is 3. The Labute approximate surface area is 80.8 Å². The molecule has 0 radical (unpaired) electrons. The van der Waals surface area contributed by atoms with Gasteiger partial charge in [0.15, 0.2) is 6.29 Å². The van der Waals surface area contributed by atoms with Gasteiger partial charge in [0.2, 0.25) is 5.91 Å². The second kappa shape index (κ2) is 4.77. The third-order valence-corrected chi connectivity index (χ3v) is 2.59. The van der Waals surface area contributed by atoms with Gasteiger partial charge in [0.25, 0.3) is 0 Å². The van der Waals surface area contributed by atoms with Gasteiger partial charge in [0, 0.05) is 11.3 Å². The molecular formula is C9H11NO2S. The number of hydrogen-bond donors (Lipinski definition) is 1. The predicted octanol–water partition coefficient (Wildman–Crippen LogP) is 1.59. The fraction of sp³-hybridized carbons (Fsp3) is 0.333. The summed E-state index contributed by atoms with van der Waals surface area (Å²) in [6, 6.07) is 3.61. The maximum atomic E-state index is 10.9. The average Bonchev–Trinajstić information content (AvgIpc) is 2.61. The summed E-state index contributed by atoms with van der Waals surface area (Å²) in [5.74, 6) is 0.0288. The van der Waals surface area contributed by atoms with Crippen molar-refractivity contribution in [3.63, 3.8) is 0 Å². The average molecular weight is 197 g/mol. The van der Waals surface area contributed by atoms with E-state index in [0.29, 0.717) is 17.8 Å². The molecule has 1 amide bonds. The third-order valence-electron chi connectivity index (χ3n) is 1.58. The van der Waals surface area contributed by atoms with Crippen LogP contribution in [0.3, 0.4) is 0 Å². The van der Waals surface area contributed by atoms with E-state index in [1.807, 2.05) is 6.07 Å². The first-order valence-corrected chi connectivity index (χ1v) is 4.88. The van der Waals surface area contributed by atoms with Crippen LogP contribution in [0, 0.1) is 0 Å². The van der Waals surface area contributed by atoms with Crippen LogP contribution < -0.4 is 5.32 Å². The van der Waals surface area contributed by atoms with Gasteiger partial charge in [-0.05, 0) is 12.1 Å². The Balaban J connectivity index is 2.45. The summed E-state index contributed by atoms with van der Waals surface area (Å²) in [6.45, 7) is 2.33. The molecule has 0 aliphatic heterocycles. The molecule has 1 aromatic heterocycles. The molecule has 0 saturated carbocycles. The first-order chi connectivity index (χ1) is 6.26. The van der Waals surface area contributed by atoms with Crippen LogP contribution in [0.1, 0.15) is 27.9 Å².